The van der Waals surface area contributed by atoms with Crippen molar-refractivity contribution in [3.63, 3.8) is 0 Å². The van der Waals surface area contributed by atoms with E-state index in [1.165, 1.54) is 16.7 Å². The first kappa shape index (κ1) is 22.5. The summed E-state index contributed by atoms with van der Waals surface area (Å²) < 4.78 is 0. The molecule has 2 N–H and O–H groups in total. The molecule has 0 fully saturated rings. The molecule has 0 aliphatic carbocycles. The van der Waals surface area contributed by atoms with Gasteiger partial charge in [0.1, 0.15) is 0 Å². The first-order valence-corrected chi connectivity index (χ1v) is 11.9. The van der Waals surface area contributed by atoms with E-state index in [4.69, 9.17) is 4.98 Å². The van der Waals surface area contributed by atoms with Gasteiger partial charge in [-0.2, -0.15) is 5.10 Å². The van der Waals surface area contributed by atoms with E-state index >= 15 is 0 Å². The van der Waals surface area contributed by atoms with Gasteiger partial charge in [-0.15, -0.1) is 0 Å². The molecular formula is C30H28N4O. The Bertz CT molecular complexity index is 1480. The molecule has 174 valence electrons. The number of hydrogen-bond donors (Lipinski definition) is 2. The SMILES string of the molecule is CCc1ccc(-c2[nH]nc3nc(-c4ccc(C)cc4)cc(C(=O)NCc4ccc(C)cc4)c23)cc1. The van der Waals surface area contributed by atoms with Crippen molar-refractivity contribution in [2.24, 2.45) is 0 Å². The summed E-state index contributed by atoms with van der Waals surface area (Å²) in [6.45, 7) is 6.68. The van der Waals surface area contributed by atoms with Gasteiger partial charge in [-0.3, -0.25) is 9.89 Å². The van der Waals surface area contributed by atoms with Crippen molar-refractivity contribution in [3.05, 3.63) is 107 Å². The number of benzene rings is 3. The van der Waals surface area contributed by atoms with Gasteiger partial charge in [0.25, 0.3) is 5.91 Å². The molecule has 0 bridgehead atoms. The Hall–Kier alpha value is -4.25. The predicted octanol–water partition coefficient (Wildman–Crippen LogP) is 6.40. The molecule has 1 amide bonds. The van der Waals surface area contributed by atoms with Crippen molar-refractivity contribution < 1.29 is 4.79 Å². The third-order valence-corrected chi connectivity index (χ3v) is 6.34. The molecule has 0 radical (unpaired) electrons. The number of H-pyrrole nitrogens is 1. The van der Waals surface area contributed by atoms with Crippen LogP contribution >= 0.6 is 0 Å². The number of carbonyl (C=O) groups is 1. The summed E-state index contributed by atoms with van der Waals surface area (Å²) in [6, 6.07) is 26.5. The van der Waals surface area contributed by atoms with E-state index < -0.39 is 0 Å². The molecule has 0 spiro atoms. The fourth-order valence-electron chi connectivity index (χ4n) is 4.17. The van der Waals surface area contributed by atoms with Crippen LogP contribution < -0.4 is 5.32 Å². The van der Waals surface area contributed by atoms with Crippen molar-refractivity contribution in [1.82, 2.24) is 20.5 Å². The second-order valence-corrected chi connectivity index (χ2v) is 8.94. The zero-order valence-corrected chi connectivity index (χ0v) is 20.2. The largest absolute Gasteiger partial charge is 0.348 e. The maximum Gasteiger partial charge on any atom is 0.252 e. The molecule has 0 aliphatic rings. The van der Waals surface area contributed by atoms with Crippen molar-refractivity contribution in [3.8, 4) is 22.5 Å². The van der Waals surface area contributed by atoms with Crippen molar-refractivity contribution >= 4 is 16.9 Å². The number of nitrogens with zero attached hydrogens (tertiary/aromatic N) is 2. The van der Waals surface area contributed by atoms with E-state index in [-0.39, 0.29) is 5.91 Å². The average molecular weight is 461 g/mol. The van der Waals surface area contributed by atoms with Gasteiger partial charge in [0.05, 0.1) is 22.3 Å². The zero-order chi connectivity index (χ0) is 24.4. The molecule has 5 nitrogen and oxygen atoms in total. The Morgan fingerprint density at radius 1 is 0.829 bits per heavy atom. The summed E-state index contributed by atoms with van der Waals surface area (Å²) in [5.74, 6) is -0.154. The number of carbonyl (C=O) groups excluding carboxylic acids is 1. The van der Waals surface area contributed by atoms with Crippen LogP contribution in [-0.2, 0) is 13.0 Å². The maximum absolute atomic E-state index is 13.5. The molecule has 0 saturated carbocycles. The van der Waals surface area contributed by atoms with Gasteiger partial charge in [-0.1, -0.05) is 90.8 Å². The van der Waals surface area contributed by atoms with E-state index in [9.17, 15) is 4.79 Å². The van der Waals surface area contributed by atoms with E-state index in [1.807, 2.05) is 49.4 Å². The molecule has 0 unspecified atom stereocenters. The molecule has 0 atom stereocenters. The molecule has 2 heterocycles. The van der Waals surface area contributed by atoms with Crippen LogP contribution in [0, 0.1) is 13.8 Å². The van der Waals surface area contributed by atoms with Gasteiger partial charge in [-0.05, 0) is 37.5 Å². The van der Waals surface area contributed by atoms with E-state index in [1.54, 1.807) is 0 Å². The number of fused-ring (bicyclic) bond motifs is 1. The average Bonchev–Trinajstić information content (AvgIpc) is 3.32. The Labute approximate surface area is 205 Å². The van der Waals surface area contributed by atoms with E-state index in [0.29, 0.717) is 17.8 Å². The van der Waals surface area contributed by atoms with Crippen LogP contribution in [0.15, 0.2) is 78.9 Å². The lowest BCUT2D eigenvalue weighted by Crippen LogP contribution is -2.23. The highest BCUT2D eigenvalue weighted by Crippen LogP contribution is 2.32. The zero-order valence-electron chi connectivity index (χ0n) is 20.2. The second-order valence-electron chi connectivity index (χ2n) is 8.94. The summed E-state index contributed by atoms with van der Waals surface area (Å²) in [4.78, 5) is 18.3. The Morgan fingerprint density at radius 2 is 1.43 bits per heavy atom. The number of hydrogen-bond acceptors (Lipinski definition) is 3. The van der Waals surface area contributed by atoms with Crippen LogP contribution in [0.2, 0.25) is 0 Å². The van der Waals surface area contributed by atoms with Crippen LogP contribution in [-0.4, -0.2) is 21.1 Å². The van der Waals surface area contributed by atoms with Gasteiger partial charge in [0, 0.05) is 17.7 Å². The van der Waals surface area contributed by atoms with Crippen LogP contribution in [0.4, 0.5) is 0 Å². The quantitative estimate of drug-likeness (QED) is 0.308. The maximum atomic E-state index is 13.5. The molecule has 0 aliphatic heterocycles. The lowest BCUT2D eigenvalue weighted by molar-refractivity contribution is 0.0952. The smallest absolute Gasteiger partial charge is 0.252 e. The van der Waals surface area contributed by atoms with Crippen molar-refractivity contribution in [2.45, 2.75) is 33.7 Å². The molecule has 3 aromatic carbocycles. The third kappa shape index (κ3) is 4.71. The van der Waals surface area contributed by atoms with E-state index in [0.717, 1.165) is 39.9 Å². The highest BCUT2D eigenvalue weighted by Gasteiger charge is 2.20. The number of amides is 1. The molecule has 35 heavy (non-hydrogen) atoms. The monoisotopic (exact) mass is 460 g/mol. The number of rotatable bonds is 6. The van der Waals surface area contributed by atoms with Crippen molar-refractivity contribution in [1.29, 1.82) is 0 Å². The summed E-state index contributed by atoms with van der Waals surface area (Å²) in [6.07, 6.45) is 0.970. The number of nitrogens with one attached hydrogen (secondary N) is 2. The van der Waals surface area contributed by atoms with Crippen LogP contribution in [0.3, 0.4) is 0 Å². The number of aromatic nitrogens is 3. The normalized spacial score (nSPS) is 11.1. The summed E-state index contributed by atoms with van der Waals surface area (Å²) in [5.41, 5.74) is 9.19. The van der Waals surface area contributed by atoms with Crippen LogP contribution in [0.25, 0.3) is 33.5 Å². The van der Waals surface area contributed by atoms with Crippen molar-refractivity contribution in [2.75, 3.05) is 0 Å². The Kier molecular flexibility index (Phi) is 6.15. The minimum absolute atomic E-state index is 0.154. The minimum atomic E-state index is -0.154. The molecular weight excluding hydrogens is 432 g/mol. The third-order valence-electron chi connectivity index (χ3n) is 6.34. The predicted molar refractivity (Wildman–Crippen MR) is 141 cm³/mol. The highest BCUT2D eigenvalue weighted by molar-refractivity contribution is 6.11. The second kappa shape index (κ2) is 9.55. The summed E-state index contributed by atoms with van der Waals surface area (Å²) in [7, 11) is 0. The molecule has 0 saturated heterocycles. The highest BCUT2D eigenvalue weighted by atomic mass is 16.1. The van der Waals surface area contributed by atoms with Crippen LogP contribution in [0.5, 0.6) is 0 Å². The fourth-order valence-corrected chi connectivity index (χ4v) is 4.17. The minimum Gasteiger partial charge on any atom is -0.348 e. The first-order chi connectivity index (χ1) is 17.0. The lowest BCUT2D eigenvalue weighted by Gasteiger charge is -2.10. The fraction of sp³-hybridized carbons (Fsp3) is 0.167. The van der Waals surface area contributed by atoms with Crippen LogP contribution in [0.1, 0.15) is 39.5 Å². The van der Waals surface area contributed by atoms with Gasteiger partial charge in [0.15, 0.2) is 5.65 Å². The standard InChI is InChI=1S/C30H28N4O/c1-4-21-11-15-24(16-12-21)28-27-25(30(35)31-18-22-9-5-19(2)6-10-22)17-26(32-29(27)34-33-28)23-13-7-20(3)8-14-23/h5-17H,4,18H2,1-3H3,(H,31,35)(H,32,33,34). The molecule has 5 aromatic rings. The molecule has 5 rings (SSSR count). The lowest BCUT2D eigenvalue weighted by atomic mass is 10.0. The number of aryl methyl sites for hydroxylation is 3. The summed E-state index contributed by atoms with van der Waals surface area (Å²) in [5, 5.41) is 11.5. The first-order valence-electron chi connectivity index (χ1n) is 11.9. The molecule has 2 aromatic heterocycles. The van der Waals surface area contributed by atoms with Gasteiger partial charge >= 0.3 is 0 Å². The molecule has 5 heteroatoms. The number of aromatic amines is 1. The topological polar surface area (TPSA) is 70.7 Å². The Balaban J connectivity index is 1.59. The van der Waals surface area contributed by atoms with Gasteiger partial charge < -0.3 is 5.32 Å². The Morgan fingerprint density at radius 3 is 2.09 bits per heavy atom. The summed E-state index contributed by atoms with van der Waals surface area (Å²) >= 11 is 0. The van der Waals surface area contributed by atoms with Gasteiger partial charge in [-0.25, -0.2) is 4.98 Å². The van der Waals surface area contributed by atoms with Gasteiger partial charge in [0.2, 0.25) is 0 Å². The van der Waals surface area contributed by atoms with E-state index in [2.05, 4.69) is 65.8 Å². The number of pyridine rings is 1.